The number of rotatable bonds is 1. The molecule has 21 heavy (non-hydrogen) atoms. The van der Waals surface area contributed by atoms with E-state index in [1.165, 1.54) is 0 Å². The second kappa shape index (κ2) is 5.94. The average molecular weight is 360 g/mol. The van der Waals surface area contributed by atoms with Gasteiger partial charge in [-0.2, -0.15) is 0 Å². The molecule has 0 radical (unpaired) electrons. The van der Waals surface area contributed by atoms with Crippen molar-refractivity contribution < 1.29 is 9.53 Å². The number of amides is 1. The Morgan fingerprint density at radius 1 is 1.43 bits per heavy atom. The number of nitrogens with two attached hydrogens (primary N) is 1. The summed E-state index contributed by atoms with van der Waals surface area (Å²) in [7, 11) is 0. The number of aliphatic imine (C=N–C) groups is 1. The fourth-order valence-electron chi connectivity index (χ4n) is 2.17. The van der Waals surface area contributed by atoms with Gasteiger partial charge in [0.05, 0.1) is 6.21 Å². The van der Waals surface area contributed by atoms with Gasteiger partial charge in [0.2, 0.25) is 0 Å². The number of nitrogens with one attached hydrogen (secondary N) is 1. The SMILES string of the molecule is CC(C)(C)OC(=O)N1CCN(C2(N)C=NC(Br)=CN2)CC1. The molecular formula is C13H22BrN5O2. The molecule has 0 aromatic rings. The molecule has 1 saturated heterocycles. The van der Waals surface area contributed by atoms with E-state index >= 15 is 0 Å². The largest absolute Gasteiger partial charge is 0.444 e. The van der Waals surface area contributed by atoms with E-state index in [-0.39, 0.29) is 6.09 Å². The van der Waals surface area contributed by atoms with E-state index in [4.69, 9.17) is 10.5 Å². The number of piperazine rings is 1. The van der Waals surface area contributed by atoms with Crippen molar-refractivity contribution in [3.8, 4) is 0 Å². The van der Waals surface area contributed by atoms with Gasteiger partial charge in [0.25, 0.3) is 0 Å². The van der Waals surface area contributed by atoms with Crippen LogP contribution in [-0.4, -0.2) is 59.7 Å². The van der Waals surface area contributed by atoms with Crippen LogP contribution in [0.15, 0.2) is 15.8 Å². The van der Waals surface area contributed by atoms with Gasteiger partial charge in [-0.05, 0) is 36.7 Å². The van der Waals surface area contributed by atoms with Crippen molar-refractivity contribution in [2.45, 2.75) is 32.2 Å². The third kappa shape index (κ3) is 4.18. The molecular weight excluding hydrogens is 338 g/mol. The molecule has 118 valence electrons. The molecule has 8 heteroatoms. The van der Waals surface area contributed by atoms with Crippen molar-refractivity contribution >= 4 is 28.2 Å². The Balaban J connectivity index is 1.89. The van der Waals surface area contributed by atoms with Gasteiger partial charge in [-0.15, -0.1) is 0 Å². The number of carbonyl (C=O) groups excluding carboxylic acids is 1. The minimum Gasteiger partial charge on any atom is -0.444 e. The lowest BCUT2D eigenvalue weighted by Gasteiger charge is -2.44. The molecule has 2 heterocycles. The summed E-state index contributed by atoms with van der Waals surface area (Å²) in [5, 5.41) is 3.11. The van der Waals surface area contributed by atoms with Crippen LogP contribution in [0, 0.1) is 0 Å². The maximum atomic E-state index is 12.0. The highest BCUT2D eigenvalue weighted by atomic mass is 79.9. The standard InChI is InChI=1S/C13H22BrN5O2/c1-12(2,3)21-11(20)18-4-6-19(7-5-18)13(15)9-16-10(14)8-17-13/h8-9,17H,4-7,15H2,1-3H3. The van der Waals surface area contributed by atoms with Crippen LogP contribution in [0.3, 0.4) is 0 Å². The van der Waals surface area contributed by atoms with Gasteiger partial charge in [0.15, 0.2) is 5.79 Å². The van der Waals surface area contributed by atoms with E-state index in [2.05, 4.69) is 26.2 Å². The molecule has 7 nitrogen and oxygen atoms in total. The Labute approximate surface area is 133 Å². The lowest BCUT2D eigenvalue weighted by atomic mass is 10.2. The van der Waals surface area contributed by atoms with Crippen molar-refractivity contribution in [1.82, 2.24) is 15.1 Å². The number of ether oxygens (including phenoxy) is 1. The van der Waals surface area contributed by atoms with Crippen molar-refractivity contribution in [1.29, 1.82) is 0 Å². The summed E-state index contributed by atoms with van der Waals surface area (Å²) in [4.78, 5) is 19.9. The van der Waals surface area contributed by atoms with Crippen molar-refractivity contribution in [3.63, 3.8) is 0 Å². The molecule has 0 spiro atoms. The molecule has 0 aliphatic carbocycles. The Morgan fingerprint density at radius 2 is 2.05 bits per heavy atom. The van der Waals surface area contributed by atoms with E-state index in [0.29, 0.717) is 30.8 Å². The summed E-state index contributed by atoms with van der Waals surface area (Å²) in [6.45, 7) is 8.05. The first kappa shape index (κ1) is 16.3. The fraction of sp³-hybridized carbons (Fsp3) is 0.692. The fourth-order valence-corrected chi connectivity index (χ4v) is 2.39. The normalized spacial score (nSPS) is 27.1. The van der Waals surface area contributed by atoms with Gasteiger partial charge in [-0.3, -0.25) is 10.6 Å². The van der Waals surface area contributed by atoms with Crippen LogP contribution >= 0.6 is 15.9 Å². The maximum Gasteiger partial charge on any atom is 0.410 e. The van der Waals surface area contributed by atoms with Gasteiger partial charge in [-0.1, -0.05) is 0 Å². The Morgan fingerprint density at radius 3 is 2.52 bits per heavy atom. The van der Waals surface area contributed by atoms with Crippen LogP contribution in [0.25, 0.3) is 0 Å². The van der Waals surface area contributed by atoms with Crippen LogP contribution in [-0.2, 0) is 4.74 Å². The monoisotopic (exact) mass is 359 g/mol. The second-order valence-electron chi connectivity index (χ2n) is 6.15. The molecule has 2 aliphatic rings. The molecule has 0 bridgehead atoms. The van der Waals surface area contributed by atoms with E-state index < -0.39 is 11.4 Å². The van der Waals surface area contributed by atoms with Gasteiger partial charge >= 0.3 is 6.09 Å². The van der Waals surface area contributed by atoms with Gasteiger partial charge in [0.1, 0.15) is 10.2 Å². The summed E-state index contributed by atoms with van der Waals surface area (Å²) in [5.41, 5.74) is 5.81. The highest BCUT2D eigenvalue weighted by molar-refractivity contribution is 9.11. The van der Waals surface area contributed by atoms with E-state index in [9.17, 15) is 4.79 Å². The smallest absolute Gasteiger partial charge is 0.410 e. The predicted octanol–water partition coefficient (Wildman–Crippen LogP) is 1.02. The highest BCUT2D eigenvalue weighted by Gasteiger charge is 2.35. The lowest BCUT2D eigenvalue weighted by molar-refractivity contribution is 0.00454. The van der Waals surface area contributed by atoms with Crippen LogP contribution < -0.4 is 11.1 Å². The van der Waals surface area contributed by atoms with Crippen molar-refractivity contribution in [2.24, 2.45) is 10.7 Å². The summed E-state index contributed by atoms with van der Waals surface area (Å²) in [5.74, 6) is -0.808. The maximum absolute atomic E-state index is 12.0. The number of hydrogen-bond acceptors (Lipinski definition) is 6. The van der Waals surface area contributed by atoms with Gasteiger partial charge in [-0.25, -0.2) is 9.79 Å². The van der Waals surface area contributed by atoms with Gasteiger partial charge in [0, 0.05) is 32.4 Å². The van der Waals surface area contributed by atoms with E-state index in [1.54, 1.807) is 17.3 Å². The molecule has 0 aromatic carbocycles. The summed E-state index contributed by atoms with van der Waals surface area (Å²) in [6.07, 6.45) is 3.11. The molecule has 0 aromatic heterocycles. The Kier molecular flexibility index (Phi) is 4.60. The quantitative estimate of drug-likeness (QED) is 0.683. The van der Waals surface area contributed by atoms with Crippen LogP contribution in [0.4, 0.5) is 4.79 Å². The Bertz CT molecular complexity index is 466. The minimum absolute atomic E-state index is 0.277. The number of nitrogens with zero attached hydrogens (tertiary/aromatic N) is 3. The predicted molar refractivity (Wildman–Crippen MR) is 84.9 cm³/mol. The molecule has 0 saturated carbocycles. The molecule has 1 fully saturated rings. The van der Waals surface area contributed by atoms with Crippen molar-refractivity contribution in [3.05, 3.63) is 10.8 Å². The highest BCUT2D eigenvalue weighted by Crippen LogP contribution is 2.17. The lowest BCUT2D eigenvalue weighted by Crippen LogP contribution is -2.69. The van der Waals surface area contributed by atoms with Crippen molar-refractivity contribution in [2.75, 3.05) is 26.2 Å². The summed E-state index contributed by atoms with van der Waals surface area (Å²) >= 11 is 3.28. The molecule has 1 unspecified atom stereocenters. The zero-order valence-electron chi connectivity index (χ0n) is 12.6. The molecule has 2 rings (SSSR count). The second-order valence-corrected chi connectivity index (χ2v) is 6.96. The zero-order valence-corrected chi connectivity index (χ0v) is 14.2. The topological polar surface area (TPSA) is 83.2 Å². The van der Waals surface area contributed by atoms with E-state index in [1.807, 2.05) is 25.7 Å². The molecule has 2 aliphatic heterocycles. The first-order chi connectivity index (χ1) is 9.70. The van der Waals surface area contributed by atoms with Crippen LogP contribution in [0.5, 0.6) is 0 Å². The number of halogens is 1. The Hall–Kier alpha value is -1.12. The van der Waals surface area contributed by atoms with E-state index in [0.717, 1.165) is 0 Å². The number of hydrogen-bond donors (Lipinski definition) is 2. The van der Waals surface area contributed by atoms with Crippen LogP contribution in [0.1, 0.15) is 20.8 Å². The molecule has 1 atom stereocenters. The summed E-state index contributed by atoms with van der Waals surface area (Å²) < 4.78 is 6.08. The first-order valence-corrected chi connectivity index (χ1v) is 7.69. The summed E-state index contributed by atoms with van der Waals surface area (Å²) in [6, 6.07) is 0. The average Bonchev–Trinajstić information content (AvgIpc) is 2.41. The van der Waals surface area contributed by atoms with Gasteiger partial charge < -0.3 is 15.0 Å². The van der Waals surface area contributed by atoms with Crippen LogP contribution in [0.2, 0.25) is 0 Å². The third-order valence-electron chi connectivity index (χ3n) is 3.26. The third-order valence-corrected chi connectivity index (χ3v) is 3.70. The molecule has 1 amide bonds. The zero-order chi connectivity index (χ0) is 15.7. The number of carbonyl (C=O) groups is 1. The first-order valence-electron chi connectivity index (χ1n) is 6.90. The minimum atomic E-state index is -0.808. The molecule has 3 N–H and O–H groups in total.